The Labute approximate surface area is 99.1 Å². The predicted octanol–water partition coefficient (Wildman–Crippen LogP) is 0.400. The molecule has 1 amide bonds. The van der Waals surface area contributed by atoms with Gasteiger partial charge in [0.25, 0.3) is 0 Å². The Hall–Kier alpha value is -2.11. The number of nitrogens with two attached hydrogens (primary N) is 1. The number of rotatable bonds is 5. The van der Waals surface area contributed by atoms with Crippen molar-refractivity contribution in [2.24, 2.45) is 5.73 Å². The van der Waals surface area contributed by atoms with Gasteiger partial charge in [-0.05, 0) is 26.0 Å². The zero-order valence-corrected chi connectivity index (χ0v) is 9.80. The smallest absolute Gasteiger partial charge is 0.335 e. The molecule has 0 fully saturated rings. The summed E-state index contributed by atoms with van der Waals surface area (Å²) < 4.78 is 0. The molecule has 92 valence electrons. The van der Waals surface area contributed by atoms with Crippen LogP contribution < -0.4 is 10.6 Å². The summed E-state index contributed by atoms with van der Waals surface area (Å²) in [5.74, 6) is -1.05. The van der Waals surface area contributed by atoms with Crippen molar-refractivity contribution in [2.45, 2.75) is 13.8 Å². The molecule has 0 spiro atoms. The fraction of sp³-hybridized carbons (Fsp3) is 0.364. The molecule has 0 saturated heterocycles. The summed E-state index contributed by atoms with van der Waals surface area (Å²) in [7, 11) is 0. The number of likely N-dealkylation sites (N-methyl/N-ethyl adjacent to an activating group) is 1. The lowest BCUT2D eigenvalue weighted by Crippen LogP contribution is -2.34. The molecule has 0 radical (unpaired) electrons. The number of carboxylic acid groups (broad SMARTS) is 1. The van der Waals surface area contributed by atoms with Crippen LogP contribution in [-0.2, 0) is 4.79 Å². The number of carbonyl (C=O) groups is 2. The molecule has 1 aromatic rings. The van der Waals surface area contributed by atoms with Crippen LogP contribution >= 0.6 is 0 Å². The monoisotopic (exact) mass is 237 g/mol. The second-order valence-corrected chi connectivity index (χ2v) is 3.64. The summed E-state index contributed by atoms with van der Waals surface area (Å²) >= 11 is 0. The van der Waals surface area contributed by atoms with Gasteiger partial charge in [0, 0.05) is 12.2 Å². The molecular weight excluding hydrogens is 222 g/mol. The molecule has 0 saturated carbocycles. The molecule has 6 heteroatoms. The van der Waals surface area contributed by atoms with Gasteiger partial charge in [-0.3, -0.25) is 4.79 Å². The Morgan fingerprint density at radius 3 is 2.59 bits per heavy atom. The molecule has 0 atom stereocenters. The first-order valence-electron chi connectivity index (χ1n) is 5.19. The average Bonchev–Trinajstić information content (AvgIpc) is 2.24. The molecule has 0 aliphatic rings. The van der Waals surface area contributed by atoms with Crippen LogP contribution in [0, 0.1) is 6.92 Å². The number of hydrogen-bond donors (Lipinski definition) is 2. The number of anilines is 1. The van der Waals surface area contributed by atoms with Crippen LogP contribution in [0.2, 0.25) is 0 Å². The number of hydrogen-bond acceptors (Lipinski definition) is 4. The van der Waals surface area contributed by atoms with E-state index in [-0.39, 0.29) is 12.1 Å². The fourth-order valence-corrected chi connectivity index (χ4v) is 1.48. The maximum absolute atomic E-state index is 10.9. The molecule has 1 aromatic heterocycles. The second kappa shape index (κ2) is 5.29. The largest absolute Gasteiger partial charge is 0.478 e. The number of nitrogens with zero attached hydrogens (tertiary/aromatic N) is 2. The third-order valence-corrected chi connectivity index (χ3v) is 2.24. The molecule has 3 N–H and O–H groups in total. The Kier molecular flexibility index (Phi) is 4.03. The summed E-state index contributed by atoms with van der Waals surface area (Å²) in [5.41, 5.74) is 5.85. The highest BCUT2D eigenvalue weighted by molar-refractivity contribution is 5.89. The predicted molar refractivity (Wildman–Crippen MR) is 63.0 cm³/mol. The van der Waals surface area contributed by atoms with Gasteiger partial charge < -0.3 is 15.7 Å². The van der Waals surface area contributed by atoms with Crippen LogP contribution in [0.1, 0.15) is 23.0 Å². The van der Waals surface area contributed by atoms with Crippen LogP contribution in [0.25, 0.3) is 0 Å². The number of primary amides is 1. The Balaban J connectivity index is 3.10. The van der Waals surface area contributed by atoms with Crippen LogP contribution in [-0.4, -0.2) is 35.1 Å². The number of carbonyl (C=O) groups excluding carboxylic acids is 1. The lowest BCUT2D eigenvalue weighted by Gasteiger charge is -2.20. The SMILES string of the molecule is CCN(CC(N)=O)c1cc(C(=O)O)cc(C)n1. The van der Waals surface area contributed by atoms with Crippen molar-refractivity contribution in [3.63, 3.8) is 0 Å². The first-order chi connectivity index (χ1) is 7.93. The van der Waals surface area contributed by atoms with Crippen LogP contribution in [0.5, 0.6) is 0 Å². The highest BCUT2D eigenvalue weighted by Gasteiger charge is 2.12. The molecular formula is C11H15N3O3. The maximum atomic E-state index is 10.9. The van der Waals surface area contributed by atoms with E-state index in [1.54, 1.807) is 11.8 Å². The summed E-state index contributed by atoms with van der Waals surface area (Å²) in [6.07, 6.45) is 0. The minimum absolute atomic E-state index is 0.0199. The van der Waals surface area contributed by atoms with Gasteiger partial charge in [-0.15, -0.1) is 0 Å². The lowest BCUT2D eigenvalue weighted by atomic mass is 10.2. The lowest BCUT2D eigenvalue weighted by molar-refractivity contribution is -0.116. The fourth-order valence-electron chi connectivity index (χ4n) is 1.48. The van der Waals surface area contributed by atoms with Crippen molar-refractivity contribution in [2.75, 3.05) is 18.0 Å². The Bertz CT molecular complexity index is 446. The number of pyridine rings is 1. The summed E-state index contributed by atoms with van der Waals surface area (Å²) in [6, 6.07) is 2.91. The van der Waals surface area contributed by atoms with E-state index in [0.29, 0.717) is 18.1 Å². The normalized spacial score (nSPS) is 10.0. The molecule has 0 bridgehead atoms. The first-order valence-corrected chi connectivity index (χ1v) is 5.19. The van der Waals surface area contributed by atoms with Crippen molar-refractivity contribution in [1.29, 1.82) is 0 Å². The molecule has 0 aliphatic heterocycles. The molecule has 1 heterocycles. The average molecular weight is 237 g/mol. The third-order valence-electron chi connectivity index (χ3n) is 2.24. The molecule has 1 rings (SSSR count). The quantitative estimate of drug-likeness (QED) is 0.772. The Morgan fingerprint density at radius 2 is 2.12 bits per heavy atom. The highest BCUT2D eigenvalue weighted by atomic mass is 16.4. The first kappa shape index (κ1) is 13.0. The molecule has 6 nitrogen and oxygen atoms in total. The minimum Gasteiger partial charge on any atom is -0.478 e. The highest BCUT2D eigenvalue weighted by Crippen LogP contribution is 2.14. The zero-order valence-electron chi connectivity index (χ0n) is 9.80. The van der Waals surface area contributed by atoms with Gasteiger partial charge in [0.1, 0.15) is 5.82 Å². The summed E-state index contributed by atoms with van der Waals surface area (Å²) in [5, 5.41) is 8.93. The molecule has 17 heavy (non-hydrogen) atoms. The van der Waals surface area contributed by atoms with E-state index in [2.05, 4.69) is 4.98 Å². The van der Waals surface area contributed by atoms with E-state index in [9.17, 15) is 9.59 Å². The van der Waals surface area contributed by atoms with E-state index in [4.69, 9.17) is 10.8 Å². The minimum atomic E-state index is -1.02. The van der Waals surface area contributed by atoms with Gasteiger partial charge in [0.2, 0.25) is 5.91 Å². The van der Waals surface area contributed by atoms with Crippen molar-refractivity contribution in [1.82, 2.24) is 4.98 Å². The van der Waals surface area contributed by atoms with E-state index in [1.807, 2.05) is 6.92 Å². The summed E-state index contributed by atoms with van der Waals surface area (Å²) in [6.45, 7) is 4.09. The summed E-state index contributed by atoms with van der Waals surface area (Å²) in [4.78, 5) is 27.6. The van der Waals surface area contributed by atoms with Gasteiger partial charge in [0.05, 0.1) is 12.1 Å². The van der Waals surface area contributed by atoms with Crippen molar-refractivity contribution < 1.29 is 14.7 Å². The number of aromatic nitrogens is 1. The number of aryl methyl sites for hydroxylation is 1. The van der Waals surface area contributed by atoms with E-state index < -0.39 is 11.9 Å². The van der Waals surface area contributed by atoms with Gasteiger partial charge in [-0.25, -0.2) is 9.78 Å². The Morgan fingerprint density at radius 1 is 1.47 bits per heavy atom. The number of aromatic carboxylic acids is 1. The van der Waals surface area contributed by atoms with Crippen LogP contribution in [0.15, 0.2) is 12.1 Å². The van der Waals surface area contributed by atoms with Gasteiger partial charge in [-0.1, -0.05) is 0 Å². The number of carboxylic acids is 1. The molecule has 0 aromatic carbocycles. The van der Waals surface area contributed by atoms with E-state index in [0.717, 1.165) is 0 Å². The topological polar surface area (TPSA) is 96.5 Å². The second-order valence-electron chi connectivity index (χ2n) is 3.64. The molecule has 0 aliphatic carbocycles. The van der Waals surface area contributed by atoms with Crippen molar-refractivity contribution >= 4 is 17.7 Å². The van der Waals surface area contributed by atoms with Gasteiger partial charge in [0.15, 0.2) is 0 Å². The van der Waals surface area contributed by atoms with Crippen LogP contribution in [0.4, 0.5) is 5.82 Å². The standard InChI is InChI=1S/C11H15N3O3/c1-3-14(6-9(12)15)10-5-8(11(16)17)4-7(2)13-10/h4-5H,3,6H2,1-2H3,(H2,12,15)(H,16,17). The van der Waals surface area contributed by atoms with Crippen molar-refractivity contribution in [3.8, 4) is 0 Å². The zero-order chi connectivity index (χ0) is 13.0. The van der Waals surface area contributed by atoms with Crippen LogP contribution in [0.3, 0.4) is 0 Å². The third kappa shape index (κ3) is 3.44. The van der Waals surface area contributed by atoms with Gasteiger partial charge in [-0.2, -0.15) is 0 Å². The number of amides is 1. The maximum Gasteiger partial charge on any atom is 0.335 e. The van der Waals surface area contributed by atoms with E-state index >= 15 is 0 Å². The van der Waals surface area contributed by atoms with E-state index in [1.165, 1.54) is 12.1 Å². The van der Waals surface area contributed by atoms with Crippen molar-refractivity contribution in [3.05, 3.63) is 23.4 Å². The molecule has 0 unspecified atom stereocenters. The van der Waals surface area contributed by atoms with Gasteiger partial charge >= 0.3 is 5.97 Å².